The average Bonchev–Trinajstić information content (AvgIpc) is 3.56. The van der Waals surface area contributed by atoms with E-state index in [2.05, 4.69) is 11.2 Å². The van der Waals surface area contributed by atoms with Crippen LogP contribution in [0.25, 0.3) is 27.9 Å². The van der Waals surface area contributed by atoms with E-state index in [-0.39, 0.29) is 18.0 Å². The fraction of sp³-hybridized carbons (Fsp3) is 0.222. The number of allylic oxidation sites excluding steroid dienone is 2. The van der Waals surface area contributed by atoms with E-state index in [1.54, 1.807) is 11.8 Å². The summed E-state index contributed by atoms with van der Waals surface area (Å²) in [5.74, 6) is -2.55. The van der Waals surface area contributed by atoms with Gasteiger partial charge in [0.05, 0.1) is 28.5 Å². The van der Waals surface area contributed by atoms with Gasteiger partial charge < -0.3 is 9.42 Å². The van der Waals surface area contributed by atoms with E-state index in [0.717, 1.165) is 45.9 Å². The number of aryl methyl sites for hydroxylation is 2. The van der Waals surface area contributed by atoms with Crippen molar-refractivity contribution in [3.05, 3.63) is 82.6 Å². The van der Waals surface area contributed by atoms with Crippen molar-refractivity contribution in [3.63, 3.8) is 0 Å². The number of aromatic nitrogens is 3. The van der Waals surface area contributed by atoms with E-state index < -0.39 is 23.5 Å². The highest BCUT2D eigenvalue weighted by Gasteiger charge is 2.38. The van der Waals surface area contributed by atoms with Gasteiger partial charge in [-0.05, 0) is 55.5 Å². The highest BCUT2D eigenvalue weighted by Crippen LogP contribution is 2.41. The molecular formula is C27H21F3N4O2S. The molecule has 2 aromatic heterocycles. The van der Waals surface area contributed by atoms with Gasteiger partial charge in [-0.25, -0.2) is 18.2 Å². The highest BCUT2D eigenvalue weighted by molar-refractivity contribution is 8.02. The summed E-state index contributed by atoms with van der Waals surface area (Å²) < 4.78 is 49.2. The fourth-order valence-corrected chi connectivity index (χ4v) is 5.73. The molecule has 0 saturated carbocycles. The molecule has 10 heteroatoms. The van der Waals surface area contributed by atoms with Gasteiger partial charge >= 0.3 is 0 Å². The first-order valence-corrected chi connectivity index (χ1v) is 12.8. The lowest BCUT2D eigenvalue weighted by atomic mass is 10.0. The topological polar surface area (TPSA) is 64.2 Å². The smallest absolute Gasteiger partial charge is 0.227 e. The first-order chi connectivity index (χ1) is 17.8. The van der Waals surface area contributed by atoms with E-state index in [9.17, 15) is 18.0 Å². The molecule has 0 bridgehead atoms. The minimum atomic E-state index is -1.57. The molecule has 0 radical (unpaired) electrons. The molecule has 37 heavy (non-hydrogen) atoms. The number of carbonyl (C=O) groups excluding carboxylic acids is 1. The lowest BCUT2D eigenvalue weighted by Crippen LogP contribution is -2.29. The number of amides is 1. The highest BCUT2D eigenvalue weighted by atomic mass is 32.2. The largest absolute Gasteiger partial charge is 0.361 e. The van der Waals surface area contributed by atoms with Crippen LogP contribution in [-0.4, -0.2) is 26.4 Å². The van der Waals surface area contributed by atoms with Gasteiger partial charge in [-0.3, -0.25) is 9.36 Å². The van der Waals surface area contributed by atoms with Gasteiger partial charge in [0, 0.05) is 35.6 Å². The van der Waals surface area contributed by atoms with E-state index in [0.29, 0.717) is 23.5 Å². The fourth-order valence-electron chi connectivity index (χ4n) is 5.12. The zero-order chi connectivity index (χ0) is 25.8. The van der Waals surface area contributed by atoms with Crippen molar-refractivity contribution in [2.45, 2.75) is 32.7 Å². The minimum absolute atomic E-state index is 0.0392. The van der Waals surface area contributed by atoms with Gasteiger partial charge in [-0.15, -0.1) is 11.8 Å². The standard InChI is InChI=1S/C27H21F3N4O2S/c1-14-25(15(2)36-32-14)16-3-4-22-21(11-16)31-27(34(22)17-7-9-37-10-8-17)23-5-6-24(35)33(23)18-12-19(28)26(30)20(29)13-18/h3-4,7-9,11-13,23H,5-6,10H2,1-2H3/t23-/m0/s1. The molecule has 2 aromatic carbocycles. The van der Waals surface area contributed by atoms with Gasteiger partial charge in [0.2, 0.25) is 5.91 Å². The van der Waals surface area contributed by atoms with E-state index >= 15 is 0 Å². The number of thioether (sulfide) groups is 1. The molecule has 4 aromatic rings. The van der Waals surface area contributed by atoms with Gasteiger partial charge in [-0.1, -0.05) is 11.2 Å². The molecule has 1 amide bonds. The number of fused-ring (bicyclic) bond motifs is 1. The summed E-state index contributed by atoms with van der Waals surface area (Å²) >= 11 is 1.65. The molecule has 0 spiro atoms. The Balaban J connectivity index is 1.54. The molecule has 2 aliphatic heterocycles. The number of anilines is 1. The molecule has 0 N–H and O–H groups in total. The third-order valence-corrected chi connectivity index (χ3v) is 7.43. The molecule has 4 heterocycles. The Kier molecular flexibility index (Phi) is 5.71. The van der Waals surface area contributed by atoms with Crippen molar-refractivity contribution in [1.29, 1.82) is 0 Å². The maximum atomic E-state index is 14.1. The van der Waals surface area contributed by atoms with Gasteiger partial charge in [0.25, 0.3) is 0 Å². The summed E-state index contributed by atoms with van der Waals surface area (Å²) in [6, 6.07) is 6.99. The second-order valence-electron chi connectivity index (χ2n) is 9.01. The van der Waals surface area contributed by atoms with Crippen LogP contribution in [-0.2, 0) is 4.79 Å². The van der Waals surface area contributed by atoms with Crippen LogP contribution >= 0.6 is 11.8 Å². The number of benzene rings is 2. The van der Waals surface area contributed by atoms with Crippen molar-refractivity contribution in [2.24, 2.45) is 0 Å². The number of halogens is 3. The first-order valence-electron chi connectivity index (χ1n) is 11.7. The number of hydrogen-bond donors (Lipinski definition) is 0. The Morgan fingerprint density at radius 3 is 2.57 bits per heavy atom. The van der Waals surface area contributed by atoms with Crippen LogP contribution in [0.5, 0.6) is 0 Å². The number of imidazole rings is 1. The van der Waals surface area contributed by atoms with E-state index in [1.807, 2.05) is 48.1 Å². The predicted molar refractivity (Wildman–Crippen MR) is 136 cm³/mol. The normalized spacial score (nSPS) is 17.8. The monoisotopic (exact) mass is 522 g/mol. The second kappa shape index (κ2) is 8.95. The zero-order valence-electron chi connectivity index (χ0n) is 20.0. The molecular weight excluding hydrogens is 501 g/mol. The average molecular weight is 523 g/mol. The Bertz CT molecular complexity index is 1600. The predicted octanol–water partition coefficient (Wildman–Crippen LogP) is 6.69. The summed E-state index contributed by atoms with van der Waals surface area (Å²) in [4.78, 5) is 19.2. The van der Waals surface area contributed by atoms with Crippen LogP contribution in [0.3, 0.4) is 0 Å². The lowest BCUT2D eigenvalue weighted by molar-refractivity contribution is -0.117. The Labute approximate surface area is 214 Å². The van der Waals surface area contributed by atoms with Crippen LogP contribution in [0.1, 0.15) is 36.2 Å². The summed E-state index contributed by atoms with van der Waals surface area (Å²) in [5.41, 5.74) is 4.91. The summed E-state index contributed by atoms with van der Waals surface area (Å²) in [6.45, 7) is 3.72. The van der Waals surface area contributed by atoms with E-state index in [1.165, 1.54) is 4.90 Å². The summed E-state index contributed by atoms with van der Waals surface area (Å²) in [7, 11) is 0. The van der Waals surface area contributed by atoms with E-state index in [4.69, 9.17) is 9.51 Å². The molecule has 1 saturated heterocycles. The van der Waals surface area contributed by atoms with Crippen molar-refractivity contribution in [1.82, 2.24) is 14.7 Å². The van der Waals surface area contributed by atoms with Crippen LogP contribution in [0, 0.1) is 31.3 Å². The second-order valence-corrected chi connectivity index (χ2v) is 9.95. The summed E-state index contributed by atoms with van der Waals surface area (Å²) in [6.07, 6.45) is 4.60. The summed E-state index contributed by atoms with van der Waals surface area (Å²) in [5, 5.41) is 6.04. The number of rotatable bonds is 4. The van der Waals surface area contributed by atoms with Crippen LogP contribution < -0.4 is 4.90 Å². The van der Waals surface area contributed by atoms with Crippen LogP contribution in [0.2, 0.25) is 0 Å². The number of carbonyl (C=O) groups is 1. The lowest BCUT2D eigenvalue weighted by Gasteiger charge is -2.26. The minimum Gasteiger partial charge on any atom is -0.361 e. The molecule has 2 aliphatic rings. The quantitative estimate of drug-likeness (QED) is 0.279. The molecule has 1 fully saturated rings. The Morgan fingerprint density at radius 1 is 1.11 bits per heavy atom. The van der Waals surface area contributed by atoms with Crippen molar-refractivity contribution >= 4 is 40.1 Å². The van der Waals surface area contributed by atoms with Crippen molar-refractivity contribution < 1.29 is 22.5 Å². The van der Waals surface area contributed by atoms with Crippen LogP contribution in [0.4, 0.5) is 18.9 Å². The number of hydrogen-bond acceptors (Lipinski definition) is 5. The van der Waals surface area contributed by atoms with Gasteiger partial charge in [0.15, 0.2) is 17.5 Å². The van der Waals surface area contributed by atoms with Gasteiger partial charge in [0.1, 0.15) is 11.6 Å². The molecule has 6 rings (SSSR count). The maximum absolute atomic E-state index is 14.1. The van der Waals surface area contributed by atoms with Crippen molar-refractivity contribution in [3.8, 4) is 11.1 Å². The van der Waals surface area contributed by atoms with Crippen LogP contribution in [0.15, 0.2) is 52.4 Å². The molecule has 1 atom stereocenters. The Hall–Kier alpha value is -3.79. The molecule has 188 valence electrons. The molecule has 6 nitrogen and oxygen atoms in total. The first kappa shape index (κ1) is 23.6. The molecule has 0 aliphatic carbocycles. The Morgan fingerprint density at radius 2 is 1.89 bits per heavy atom. The third kappa shape index (κ3) is 3.87. The SMILES string of the molecule is Cc1noc(C)c1-c1ccc2c(c1)nc([C@@H]1CCC(=O)N1c1cc(F)c(F)c(F)c1)n2C1=CCSC=C1. The van der Waals surface area contributed by atoms with Gasteiger partial charge in [-0.2, -0.15) is 0 Å². The number of nitrogens with zero attached hydrogens (tertiary/aromatic N) is 4. The third-order valence-electron chi connectivity index (χ3n) is 6.74. The zero-order valence-corrected chi connectivity index (χ0v) is 20.8. The maximum Gasteiger partial charge on any atom is 0.227 e. The van der Waals surface area contributed by atoms with Crippen molar-refractivity contribution in [2.75, 3.05) is 10.7 Å². The molecule has 0 unspecified atom stereocenters.